The quantitative estimate of drug-likeness (QED) is 0.0747. The van der Waals surface area contributed by atoms with Crippen LogP contribution in [0, 0.1) is 0 Å². The minimum absolute atomic E-state index is 0.000682. The fourth-order valence-electron chi connectivity index (χ4n) is 5.67. The Kier molecular flexibility index (Phi) is 11.4. The SMILES string of the molecule is COc1cc(/C=C/C(=O)OC[C@H]2O[C@@H](Oc3c(-c4ccc(O)cc4)oc4cc(O)cc(O)c4c3=O)[C@H](O)[C@@H](O)[C@@H]2OC(=O)/C=C/c2ccc(O)cc2)ccc1O. The first kappa shape index (κ1) is 38.7. The second kappa shape index (κ2) is 16.6. The Hall–Kier alpha value is -7.01. The number of aliphatic hydroxyl groups is 2. The van der Waals surface area contributed by atoms with E-state index in [4.69, 9.17) is 28.1 Å². The van der Waals surface area contributed by atoms with Crippen molar-refractivity contribution in [2.24, 2.45) is 0 Å². The Morgan fingerprint density at radius 3 is 2.09 bits per heavy atom. The summed E-state index contributed by atoms with van der Waals surface area (Å²) in [5.41, 5.74) is -0.0871. The summed E-state index contributed by atoms with van der Waals surface area (Å²) in [7, 11) is 1.35. The van der Waals surface area contributed by atoms with E-state index in [0.717, 1.165) is 24.3 Å². The predicted octanol–water partition coefficient (Wildman–Crippen LogP) is 3.70. The number of fused-ring (bicyclic) bond motifs is 1. The maximum Gasteiger partial charge on any atom is 0.331 e. The Morgan fingerprint density at radius 2 is 1.39 bits per heavy atom. The number of benzene rings is 4. The number of esters is 2. The number of methoxy groups -OCH3 is 1. The smallest absolute Gasteiger partial charge is 0.331 e. The van der Waals surface area contributed by atoms with Crippen LogP contribution in [-0.4, -0.2) is 92.1 Å². The molecule has 16 nitrogen and oxygen atoms in total. The van der Waals surface area contributed by atoms with Gasteiger partial charge >= 0.3 is 11.9 Å². The minimum atomic E-state index is -2.03. The third-order valence-corrected chi connectivity index (χ3v) is 8.48. The van der Waals surface area contributed by atoms with Crippen molar-refractivity contribution in [3.8, 4) is 51.6 Å². The van der Waals surface area contributed by atoms with E-state index in [0.29, 0.717) is 11.1 Å². The molecule has 1 aliphatic rings. The Morgan fingerprint density at radius 1 is 0.750 bits per heavy atom. The number of aromatic hydroxyl groups is 5. The van der Waals surface area contributed by atoms with Crippen LogP contribution in [0.25, 0.3) is 34.4 Å². The third-order valence-electron chi connectivity index (χ3n) is 8.48. The number of ether oxygens (including phenoxy) is 5. The summed E-state index contributed by atoms with van der Waals surface area (Å²) in [6, 6.07) is 17.4. The van der Waals surface area contributed by atoms with Crippen LogP contribution in [-0.2, 0) is 23.8 Å². The van der Waals surface area contributed by atoms with Crippen LogP contribution < -0.4 is 14.9 Å². The molecule has 1 fully saturated rings. The Bertz CT molecular complexity index is 2350. The molecule has 0 bridgehead atoms. The van der Waals surface area contributed by atoms with Gasteiger partial charge in [-0.1, -0.05) is 18.2 Å². The first-order chi connectivity index (χ1) is 26.8. The first-order valence-electron chi connectivity index (χ1n) is 16.7. The number of hydrogen-bond donors (Lipinski definition) is 7. The average Bonchev–Trinajstić information content (AvgIpc) is 3.17. The van der Waals surface area contributed by atoms with E-state index in [2.05, 4.69) is 0 Å². The van der Waals surface area contributed by atoms with Crippen molar-refractivity contribution in [1.82, 2.24) is 0 Å². The van der Waals surface area contributed by atoms with Gasteiger partial charge in [-0.2, -0.15) is 0 Å². The van der Waals surface area contributed by atoms with Crippen molar-refractivity contribution >= 4 is 35.1 Å². The van der Waals surface area contributed by atoms with Gasteiger partial charge in [0.1, 0.15) is 58.9 Å². The van der Waals surface area contributed by atoms with Crippen molar-refractivity contribution in [3.05, 3.63) is 112 Å². The standard InChI is InChI=1S/C40H34O16/c1-51-28-16-21(4-13-26(28)44)6-14-31(46)52-19-30-38(55-32(47)15-5-20-2-9-23(41)10-3-20)35(49)36(50)40(54-30)56-39-34(48)33-27(45)17-25(43)18-29(33)53-37(39)22-7-11-24(42)12-8-22/h2-18,30,35-36,38,40-45,49-50H,19H2,1H3/b14-6+,15-5+/t30-,35-,36-,38-,40+/m1/s1. The van der Waals surface area contributed by atoms with E-state index >= 15 is 0 Å². The maximum atomic E-state index is 13.9. The summed E-state index contributed by atoms with van der Waals surface area (Å²) < 4.78 is 33.6. The Balaban J connectivity index is 1.30. The van der Waals surface area contributed by atoms with Gasteiger partial charge in [0.2, 0.25) is 17.5 Å². The maximum absolute atomic E-state index is 13.9. The number of carbonyl (C=O) groups excluding carboxylic acids is 2. The average molecular weight is 771 g/mol. The number of hydrogen-bond acceptors (Lipinski definition) is 16. The molecule has 1 saturated heterocycles. The molecule has 56 heavy (non-hydrogen) atoms. The first-order valence-corrected chi connectivity index (χ1v) is 16.7. The lowest BCUT2D eigenvalue weighted by molar-refractivity contribution is -0.281. The molecule has 6 rings (SSSR count). The van der Waals surface area contributed by atoms with Gasteiger partial charge < -0.3 is 63.8 Å². The highest BCUT2D eigenvalue weighted by Gasteiger charge is 2.49. The molecule has 1 aromatic heterocycles. The third kappa shape index (κ3) is 8.68. The normalized spacial score (nSPS) is 19.6. The molecule has 0 saturated carbocycles. The monoisotopic (exact) mass is 770 g/mol. The summed E-state index contributed by atoms with van der Waals surface area (Å²) in [5.74, 6) is -4.02. The molecule has 16 heteroatoms. The van der Waals surface area contributed by atoms with Crippen LogP contribution >= 0.6 is 0 Å². The highest BCUT2D eigenvalue weighted by Crippen LogP contribution is 2.38. The molecule has 4 aromatic carbocycles. The molecule has 0 spiro atoms. The second-order valence-corrected chi connectivity index (χ2v) is 12.3. The van der Waals surface area contributed by atoms with Crippen LogP contribution in [0.4, 0.5) is 0 Å². The molecule has 0 amide bonds. The molecule has 5 atom stereocenters. The van der Waals surface area contributed by atoms with Crippen LogP contribution in [0.2, 0.25) is 0 Å². The van der Waals surface area contributed by atoms with Crippen LogP contribution in [0.15, 0.2) is 100 Å². The second-order valence-electron chi connectivity index (χ2n) is 12.3. The highest BCUT2D eigenvalue weighted by atomic mass is 16.7. The van der Waals surface area contributed by atoms with E-state index in [1.54, 1.807) is 0 Å². The molecule has 5 aromatic rings. The highest BCUT2D eigenvalue weighted by molar-refractivity contribution is 5.89. The van der Waals surface area contributed by atoms with Gasteiger partial charge in [-0.3, -0.25) is 4.79 Å². The summed E-state index contributed by atoms with van der Waals surface area (Å²) >= 11 is 0. The van der Waals surface area contributed by atoms with E-state index in [1.807, 2.05) is 0 Å². The van der Waals surface area contributed by atoms with Crippen LogP contribution in [0.5, 0.6) is 40.2 Å². The van der Waals surface area contributed by atoms with E-state index < -0.39 is 77.3 Å². The predicted molar refractivity (Wildman–Crippen MR) is 196 cm³/mol. The van der Waals surface area contributed by atoms with Gasteiger partial charge in [-0.25, -0.2) is 9.59 Å². The van der Waals surface area contributed by atoms with Gasteiger partial charge in [0.05, 0.1) is 7.11 Å². The van der Waals surface area contributed by atoms with Crippen molar-refractivity contribution in [2.75, 3.05) is 13.7 Å². The molecular weight excluding hydrogens is 736 g/mol. The van der Waals surface area contributed by atoms with Gasteiger partial charge in [-0.05, 0) is 71.8 Å². The number of carbonyl (C=O) groups is 2. The lowest BCUT2D eigenvalue weighted by atomic mass is 9.98. The van der Waals surface area contributed by atoms with E-state index in [1.165, 1.54) is 86.0 Å². The van der Waals surface area contributed by atoms with Crippen molar-refractivity contribution in [1.29, 1.82) is 0 Å². The Labute approximate surface area is 316 Å². The number of phenols is 5. The molecule has 0 unspecified atom stereocenters. The van der Waals surface area contributed by atoms with E-state index in [9.17, 15) is 50.1 Å². The molecule has 0 aliphatic carbocycles. The number of aliphatic hydroxyl groups excluding tert-OH is 2. The molecular formula is C40H34O16. The van der Waals surface area contributed by atoms with Gasteiger partial charge in [0.25, 0.3) is 0 Å². The summed E-state index contributed by atoms with van der Waals surface area (Å²) in [4.78, 5) is 39.7. The molecule has 1 aliphatic heterocycles. The summed E-state index contributed by atoms with van der Waals surface area (Å²) in [6.07, 6.45) is -4.36. The minimum Gasteiger partial charge on any atom is -0.508 e. The zero-order valence-corrected chi connectivity index (χ0v) is 29.2. The van der Waals surface area contributed by atoms with Crippen molar-refractivity contribution in [3.63, 3.8) is 0 Å². The number of rotatable bonds is 11. The molecule has 7 N–H and O–H groups in total. The molecule has 0 radical (unpaired) electrons. The lowest BCUT2D eigenvalue weighted by Crippen LogP contribution is -2.61. The van der Waals surface area contributed by atoms with Gasteiger partial charge in [0, 0.05) is 29.8 Å². The van der Waals surface area contributed by atoms with Crippen molar-refractivity contribution in [2.45, 2.75) is 30.7 Å². The zero-order chi connectivity index (χ0) is 40.1. The largest absolute Gasteiger partial charge is 0.508 e. The topological polar surface area (TPSA) is 252 Å². The summed E-state index contributed by atoms with van der Waals surface area (Å²) in [5, 5.41) is 72.0. The number of phenolic OH excluding ortho intramolecular Hbond substituents is 5. The fourth-order valence-corrected chi connectivity index (χ4v) is 5.67. The molecule has 290 valence electrons. The van der Waals surface area contributed by atoms with E-state index in [-0.39, 0.29) is 39.9 Å². The van der Waals surface area contributed by atoms with Crippen LogP contribution in [0.1, 0.15) is 11.1 Å². The van der Waals surface area contributed by atoms with Crippen molar-refractivity contribution < 1.29 is 73.4 Å². The molecule has 2 heterocycles. The van der Waals surface area contributed by atoms with Gasteiger partial charge in [-0.15, -0.1) is 0 Å². The lowest BCUT2D eigenvalue weighted by Gasteiger charge is -2.41. The fraction of sp³-hybridized carbons (Fsp3) is 0.175. The van der Waals surface area contributed by atoms with Crippen LogP contribution in [0.3, 0.4) is 0 Å². The zero-order valence-electron chi connectivity index (χ0n) is 29.2. The summed E-state index contributed by atoms with van der Waals surface area (Å²) in [6.45, 7) is -0.692. The van der Waals surface area contributed by atoms with Gasteiger partial charge in [0.15, 0.2) is 23.4 Å².